The van der Waals surface area contributed by atoms with Crippen molar-refractivity contribution in [2.45, 2.75) is 19.8 Å². The van der Waals surface area contributed by atoms with E-state index in [-0.39, 0.29) is 42.7 Å². The molecule has 1 fully saturated rings. The van der Waals surface area contributed by atoms with Gasteiger partial charge >= 0.3 is 0 Å². The van der Waals surface area contributed by atoms with E-state index in [1.807, 2.05) is 24.3 Å². The summed E-state index contributed by atoms with van der Waals surface area (Å²) in [6, 6.07) is 21.6. The number of carbonyl (C=O) groups is 3. The lowest BCUT2D eigenvalue weighted by Gasteiger charge is -2.14. The third-order valence-corrected chi connectivity index (χ3v) is 6.91. The number of anilines is 1. The molecule has 9 heteroatoms. The van der Waals surface area contributed by atoms with Gasteiger partial charge in [-0.2, -0.15) is 0 Å². The maximum absolute atomic E-state index is 12.8. The van der Waals surface area contributed by atoms with E-state index in [1.54, 1.807) is 54.6 Å². The van der Waals surface area contributed by atoms with Crippen LogP contribution in [0.3, 0.4) is 0 Å². The lowest BCUT2D eigenvalue weighted by Crippen LogP contribution is -2.32. The molecule has 3 aromatic carbocycles. The summed E-state index contributed by atoms with van der Waals surface area (Å²) < 4.78 is 11.2. The smallest absolute Gasteiger partial charge is 0.293 e. The highest BCUT2D eigenvalue weighted by atomic mass is 35.5. The number of nitrogens with one attached hydrogen (secondary N) is 1. The van der Waals surface area contributed by atoms with E-state index in [1.165, 1.54) is 0 Å². The van der Waals surface area contributed by atoms with E-state index in [9.17, 15) is 14.4 Å². The first kappa shape index (κ1) is 27.3. The molecule has 4 rings (SSSR count). The normalized spacial score (nSPS) is 14.3. The maximum atomic E-state index is 12.8. The van der Waals surface area contributed by atoms with Crippen molar-refractivity contribution in [1.29, 1.82) is 0 Å². The summed E-state index contributed by atoms with van der Waals surface area (Å²) in [6.07, 6.45) is 1.65. The Labute approximate surface area is 230 Å². The van der Waals surface area contributed by atoms with E-state index in [0.717, 1.165) is 33.5 Å². The molecule has 1 aliphatic rings. The van der Waals surface area contributed by atoms with Gasteiger partial charge in [-0.3, -0.25) is 19.3 Å². The van der Waals surface area contributed by atoms with Gasteiger partial charge in [-0.15, -0.1) is 0 Å². The molecule has 0 saturated carbocycles. The first-order valence-electron chi connectivity index (χ1n) is 12.1. The summed E-state index contributed by atoms with van der Waals surface area (Å²) in [5, 5.41) is 3.01. The number of thioether (sulfide) groups is 1. The number of rotatable bonds is 10. The summed E-state index contributed by atoms with van der Waals surface area (Å²) in [4.78, 5) is 39.0. The Hall–Kier alpha value is -3.75. The number of hydrogen-bond acceptors (Lipinski definition) is 6. The van der Waals surface area contributed by atoms with Crippen LogP contribution in [0.4, 0.5) is 10.5 Å². The Bertz CT molecular complexity index is 1360. The van der Waals surface area contributed by atoms with Gasteiger partial charge in [0.2, 0.25) is 0 Å². The Balaban J connectivity index is 1.29. The molecule has 1 N–H and O–H groups in total. The quantitative estimate of drug-likeness (QED) is 0.286. The van der Waals surface area contributed by atoms with Crippen molar-refractivity contribution in [3.05, 3.63) is 93.9 Å². The molecule has 7 nitrogen and oxygen atoms in total. The summed E-state index contributed by atoms with van der Waals surface area (Å²) in [6.45, 7) is 4.25. The SMILES string of the molecule is CC(C)c1ccccc1NC(=O)COc1ccc(/C=C2\SC(=O)N(CCOc3ccccc3Cl)C2=O)cc1. The maximum Gasteiger partial charge on any atom is 0.293 e. The fourth-order valence-electron chi connectivity index (χ4n) is 3.76. The summed E-state index contributed by atoms with van der Waals surface area (Å²) >= 11 is 6.95. The lowest BCUT2D eigenvalue weighted by atomic mass is 10.0. The third kappa shape index (κ3) is 6.96. The molecule has 0 radical (unpaired) electrons. The zero-order valence-corrected chi connectivity index (χ0v) is 22.6. The van der Waals surface area contributed by atoms with Crippen molar-refractivity contribution < 1.29 is 23.9 Å². The third-order valence-electron chi connectivity index (χ3n) is 5.69. The van der Waals surface area contributed by atoms with Crippen molar-refractivity contribution >= 4 is 52.2 Å². The van der Waals surface area contributed by atoms with E-state index in [2.05, 4.69) is 19.2 Å². The minimum absolute atomic E-state index is 0.115. The number of nitrogens with zero attached hydrogens (tertiary/aromatic N) is 1. The minimum atomic E-state index is -0.374. The molecule has 3 aromatic rings. The molecule has 0 aliphatic carbocycles. The van der Waals surface area contributed by atoms with Gasteiger partial charge in [-0.25, -0.2) is 0 Å². The number of amides is 3. The van der Waals surface area contributed by atoms with Gasteiger partial charge in [-0.1, -0.05) is 67.9 Å². The average Bonchev–Trinajstić information content (AvgIpc) is 3.17. The first-order valence-corrected chi connectivity index (χ1v) is 13.3. The molecule has 1 saturated heterocycles. The summed E-state index contributed by atoms with van der Waals surface area (Å²) in [5.41, 5.74) is 2.56. The number of ether oxygens (including phenoxy) is 2. The first-order chi connectivity index (χ1) is 18.3. The molecule has 0 bridgehead atoms. The number of halogens is 1. The van der Waals surface area contributed by atoms with Crippen LogP contribution >= 0.6 is 23.4 Å². The molecule has 0 unspecified atom stereocenters. The van der Waals surface area contributed by atoms with Crippen LogP contribution < -0.4 is 14.8 Å². The highest BCUT2D eigenvalue weighted by molar-refractivity contribution is 8.18. The van der Waals surface area contributed by atoms with Crippen molar-refractivity contribution in [3.8, 4) is 11.5 Å². The predicted octanol–water partition coefficient (Wildman–Crippen LogP) is 6.60. The second-order valence-electron chi connectivity index (χ2n) is 8.76. The summed E-state index contributed by atoms with van der Waals surface area (Å²) in [5.74, 6) is 0.662. The van der Waals surface area contributed by atoms with Gasteiger partial charge in [0.25, 0.3) is 17.1 Å². The van der Waals surface area contributed by atoms with E-state index in [0.29, 0.717) is 21.4 Å². The molecule has 3 amide bonds. The Kier molecular flexibility index (Phi) is 9.10. The topological polar surface area (TPSA) is 84.9 Å². The highest BCUT2D eigenvalue weighted by Crippen LogP contribution is 2.32. The van der Waals surface area contributed by atoms with Crippen LogP contribution in [-0.4, -0.2) is 41.7 Å². The largest absolute Gasteiger partial charge is 0.490 e. The van der Waals surface area contributed by atoms with Crippen LogP contribution in [0.25, 0.3) is 6.08 Å². The fourth-order valence-corrected chi connectivity index (χ4v) is 4.82. The lowest BCUT2D eigenvalue weighted by molar-refractivity contribution is -0.123. The van der Waals surface area contributed by atoms with Crippen LogP contribution in [-0.2, 0) is 9.59 Å². The van der Waals surface area contributed by atoms with Gasteiger partial charge in [-0.05, 0) is 65.2 Å². The van der Waals surface area contributed by atoms with Crippen LogP contribution in [0, 0.1) is 0 Å². The van der Waals surface area contributed by atoms with E-state index >= 15 is 0 Å². The van der Waals surface area contributed by atoms with Gasteiger partial charge in [0.05, 0.1) is 16.5 Å². The molecule has 1 aliphatic heterocycles. The van der Waals surface area contributed by atoms with Crippen LogP contribution in [0.1, 0.15) is 30.9 Å². The summed E-state index contributed by atoms with van der Waals surface area (Å²) in [7, 11) is 0. The van der Waals surface area contributed by atoms with Gasteiger partial charge < -0.3 is 14.8 Å². The molecule has 0 atom stereocenters. The average molecular weight is 551 g/mol. The van der Waals surface area contributed by atoms with Gasteiger partial charge in [0, 0.05) is 5.69 Å². The minimum Gasteiger partial charge on any atom is -0.490 e. The monoisotopic (exact) mass is 550 g/mol. The van der Waals surface area contributed by atoms with Gasteiger partial charge in [0.15, 0.2) is 6.61 Å². The molecule has 196 valence electrons. The van der Waals surface area contributed by atoms with Crippen LogP contribution in [0.5, 0.6) is 11.5 Å². The highest BCUT2D eigenvalue weighted by Gasteiger charge is 2.34. The molecule has 1 heterocycles. The number of hydrogen-bond donors (Lipinski definition) is 1. The molecule has 0 spiro atoms. The number of imide groups is 1. The van der Waals surface area contributed by atoms with Crippen LogP contribution in [0.15, 0.2) is 77.7 Å². The molecular weight excluding hydrogens is 524 g/mol. The van der Waals surface area contributed by atoms with Crippen molar-refractivity contribution in [2.75, 3.05) is 25.1 Å². The standard InChI is InChI=1S/C29H27ClN2O5S/c1-19(2)22-7-3-5-9-24(22)31-27(33)18-37-21-13-11-20(12-14-21)17-26-28(34)32(29(35)38-26)15-16-36-25-10-6-4-8-23(25)30/h3-14,17,19H,15-16,18H2,1-2H3,(H,31,33)/b26-17-. The Morgan fingerprint density at radius 1 is 1.00 bits per heavy atom. The number of para-hydroxylation sites is 2. The number of carbonyl (C=O) groups excluding carboxylic acids is 3. The second kappa shape index (κ2) is 12.7. The second-order valence-corrected chi connectivity index (χ2v) is 10.2. The fraction of sp³-hybridized carbons (Fsp3) is 0.207. The molecule has 0 aromatic heterocycles. The zero-order chi connectivity index (χ0) is 27.1. The van der Waals surface area contributed by atoms with Crippen LogP contribution in [0.2, 0.25) is 5.02 Å². The molecule has 38 heavy (non-hydrogen) atoms. The number of benzene rings is 3. The van der Waals surface area contributed by atoms with Crippen molar-refractivity contribution in [3.63, 3.8) is 0 Å². The molecular formula is C29H27ClN2O5S. The Morgan fingerprint density at radius 3 is 2.45 bits per heavy atom. The van der Waals surface area contributed by atoms with E-state index in [4.69, 9.17) is 21.1 Å². The zero-order valence-electron chi connectivity index (χ0n) is 21.0. The van der Waals surface area contributed by atoms with Crippen molar-refractivity contribution in [2.24, 2.45) is 0 Å². The van der Waals surface area contributed by atoms with E-state index < -0.39 is 0 Å². The van der Waals surface area contributed by atoms with Gasteiger partial charge in [0.1, 0.15) is 18.1 Å². The predicted molar refractivity (Wildman–Crippen MR) is 151 cm³/mol. The van der Waals surface area contributed by atoms with Crippen molar-refractivity contribution in [1.82, 2.24) is 4.90 Å². The Morgan fingerprint density at radius 2 is 1.71 bits per heavy atom.